The first-order valence-electron chi connectivity index (χ1n) is 8.38. The van der Waals surface area contributed by atoms with Gasteiger partial charge in [0.25, 0.3) is 0 Å². The SMILES string of the molecule is Cc1c(C#N)cccc1-c1ccc2c(c1)N1CCNCCC1C2. The Bertz CT molecular complexity index is 788. The van der Waals surface area contributed by atoms with Gasteiger partial charge >= 0.3 is 0 Å². The Morgan fingerprint density at radius 3 is 3.00 bits per heavy atom. The largest absolute Gasteiger partial charge is 0.367 e. The van der Waals surface area contributed by atoms with Crippen LogP contribution in [0.2, 0.25) is 0 Å². The summed E-state index contributed by atoms with van der Waals surface area (Å²) in [6.07, 6.45) is 2.38. The minimum atomic E-state index is 0.641. The van der Waals surface area contributed by atoms with Crippen LogP contribution in [0.4, 0.5) is 5.69 Å². The maximum absolute atomic E-state index is 9.27. The lowest BCUT2D eigenvalue weighted by Gasteiger charge is -2.25. The normalized spacial score (nSPS) is 19.7. The third-order valence-electron chi connectivity index (χ3n) is 5.24. The van der Waals surface area contributed by atoms with Crippen LogP contribution >= 0.6 is 0 Å². The predicted octanol–water partition coefficient (Wildman–Crippen LogP) is 3.26. The number of hydrogen-bond acceptors (Lipinski definition) is 3. The van der Waals surface area contributed by atoms with E-state index in [0.717, 1.165) is 37.2 Å². The molecule has 2 aliphatic rings. The highest BCUT2D eigenvalue weighted by molar-refractivity contribution is 5.76. The monoisotopic (exact) mass is 303 g/mol. The van der Waals surface area contributed by atoms with Gasteiger partial charge in [-0.1, -0.05) is 24.3 Å². The quantitative estimate of drug-likeness (QED) is 0.879. The molecular weight excluding hydrogens is 282 g/mol. The number of fused-ring (bicyclic) bond motifs is 3. The molecule has 1 saturated heterocycles. The zero-order valence-electron chi connectivity index (χ0n) is 13.5. The van der Waals surface area contributed by atoms with Crippen molar-refractivity contribution < 1.29 is 0 Å². The first-order chi connectivity index (χ1) is 11.3. The van der Waals surface area contributed by atoms with Crippen molar-refractivity contribution in [1.29, 1.82) is 5.26 Å². The van der Waals surface area contributed by atoms with E-state index in [1.54, 1.807) is 0 Å². The minimum Gasteiger partial charge on any atom is -0.367 e. The molecule has 1 N–H and O–H groups in total. The Hall–Kier alpha value is -2.31. The molecule has 2 heterocycles. The predicted molar refractivity (Wildman–Crippen MR) is 93.7 cm³/mol. The van der Waals surface area contributed by atoms with Gasteiger partial charge < -0.3 is 10.2 Å². The third-order valence-corrected chi connectivity index (χ3v) is 5.24. The van der Waals surface area contributed by atoms with Gasteiger partial charge in [0.1, 0.15) is 0 Å². The van der Waals surface area contributed by atoms with Crippen LogP contribution in [0.1, 0.15) is 23.1 Å². The smallest absolute Gasteiger partial charge is 0.0994 e. The molecule has 3 heteroatoms. The highest BCUT2D eigenvalue weighted by Gasteiger charge is 2.30. The van der Waals surface area contributed by atoms with Crippen molar-refractivity contribution in [3.05, 3.63) is 53.1 Å². The second kappa shape index (κ2) is 5.72. The second-order valence-corrected chi connectivity index (χ2v) is 6.52. The lowest BCUT2D eigenvalue weighted by molar-refractivity contribution is 0.612. The maximum Gasteiger partial charge on any atom is 0.0994 e. The van der Waals surface area contributed by atoms with Crippen LogP contribution in [0, 0.1) is 18.3 Å². The molecule has 0 saturated carbocycles. The molecule has 0 amide bonds. The second-order valence-electron chi connectivity index (χ2n) is 6.52. The van der Waals surface area contributed by atoms with E-state index in [0.29, 0.717) is 6.04 Å². The summed E-state index contributed by atoms with van der Waals surface area (Å²) in [5, 5.41) is 12.8. The number of nitrogens with one attached hydrogen (secondary N) is 1. The summed E-state index contributed by atoms with van der Waals surface area (Å²) in [6, 6.07) is 15.7. The van der Waals surface area contributed by atoms with Crippen molar-refractivity contribution in [1.82, 2.24) is 5.32 Å². The molecule has 0 radical (unpaired) electrons. The fourth-order valence-corrected chi connectivity index (χ4v) is 3.96. The Balaban J connectivity index is 1.77. The molecule has 0 bridgehead atoms. The molecule has 0 aliphatic carbocycles. The van der Waals surface area contributed by atoms with Crippen molar-refractivity contribution in [2.24, 2.45) is 0 Å². The maximum atomic E-state index is 9.27. The molecule has 1 atom stereocenters. The van der Waals surface area contributed by atoms with Crippen LogP contribution in [0.25, 0.3) is 11.1 Å². The van der Waals surface area contributed by atoms with Crippen LogP contribution in [0.15, 0.2) is 36.4 Å². The van der Waals surface area contributed by atoms with E-state index in [4.69, 9.17) is 0 Å². The van der Waals surface area contributed by atoms with Gasteiger partial charge in [0.05, 0.1) is 11.6 Å². The Morgan fingerprint density at radius 2 is 2.13 bits per heavy atom. The van der Waals surface area contributed by atoms with Crippen LogP contribution in [-0.2, 0) is 6.42 Å². The van der Waals surface area contributed by atoms with Crippen LogP contribution < -0.4 is 10.2 Å². The number of nitriles is 1. The summed E-state index contributed by atoms with van der Waals surface area (Å²) >= 11 is 0. The molecule has 1 fully saturated rings. The average molecular weight is 303 g/mol. The summed E-state index contributed by atoms with van der Waals surface area (Å²) in [5.74, 6) is 0. The van der Waals surface area contributed by atoms with Crippen molar-refractivity contribution >= 4 is 5.69 Å². The van der Waals surface area contributed by atoms with E-state index >= 15 is 0 Å². The van der Waals surface area contributed by atoms with Crippen molar-refractivity contribution in [2.45, 2.75) is 25.8 Å². The van der Waals surface area contributed by atoms with Crippen LogP contribution in [-0.4, -0.2) is 25.7 Å². The summed E-state index contributed by atoms with van der Waals surface area (Å²) in [7, 11) is 0. The van der Waals surface area contributed by atoms with Gasteiger partial charge in [0.15, 0.2) is 0 Å². The highest BCUT2D eigenvalue weighted by Crippen LogP contribution is 2.37. The van der Waals surface area contributed by atoms with E-state index in [2.05, 4.69) is 40.6 Å². The summed E-state index contributed by atoms with van der Waals surface area (Å²) < 4.78 is 0. The van der Waals surface area contributed by atoms with E-state index in [1.165, 1.54) is 28.8 Å². The van der Waals surface area contributed by atoms with Gasteiger partial charge in [-0.05, 0) is 60.7 Å². The van der Waals surface area contributed by atoms with Gasteiger partial charge in [0.2, 0.25) is 0 Å². The lowest BCUT2D eigenvalue weighted by Crippen LogP contribution is -2.32. The van der Waals surface area contributed by atoms with E-state index in [9.17, 15) is 5.26 Å². The van der Waals surface area contributed by atoms with Crippen molar-refractivity contribution in [3.63, 3.8) is 0 Å². The fraction of sp³-hybridized carbons (Fsp3) is 0.350. The van der Waals surface area contributed by atoms with Crippen LogP contribution in [0.3, 0.4) is 0 Å². The highest BCUT2D eigenvalue weighted by atomic mass is 15.2. The van der Waals surface area contributed by atoms with E-state index < -0.39 is 0 Å². The van der Waals surface area contributed by atoms with E-state index in [-0.39, 0.29) is 0 Å². The first kappa shape index (κ1) is 14.3. The summed E-state index contributed by atoms with van der Waals surface area (Å²) in [4.78, 5) is 2.57. The molecule has 1 unspecified atom stereocenters. The molecule has 2 aliphatic heterocycles. The summed E-state index contributed by atoms with van der Waals surface area (Å²) in [5.41, 5.74) is 7.08. The number of hydrogen-bond donors (Lipinski definition) is 1. The molecule has 0 aromatic heterocycles. The molecule has 3 nitrogen and oxygen atoms in total. The molecule has 23 heavy (non-hydrogen) atoms. The van der Waals surface area contributed by atoms with Gasteiger partial charge in [-0.2, -0.15) is 5.26 Å². The molecule has 2 aromatic rings. The number of nitrogens with zero attached hydrogens (tertiary/aromatic N) is 2. The van der Waals surface area contributed by atoms with Crippen LogP contribution in [0.5, 0.6) is 0 Å². The Kier molecular flexibility index (Phi) is 3.55. The fourth-order valence-electron chi connectivity index (χ4n) is 3.96. The number of benzene rings is 2. The molecule has 0 spiro atoms. The topological polar surface area (TPSA) is 39.1 Å². The standard InChI is InChI=1S/C20H21N3/c1-14-17(13-21)3-2-4-19(14)15-5-6-16-11-18-7-8-22-9-10-23(18)20(16)12-15/h2-6,12,18,22H,7-11H2,1H3. The molecule has 116 valence electrons. The summed E-state index contributed by atoms with van der Waals surface area (Å²) in [6.45, 7) is 5.30. The lowest BCUT2D eigenvalue weighted by atomic mass is 9.95. The minimum absolute atomic E-state index is 0.641. The van der Waals surface area contributed by atoms with Crippen molar-refractivity contribution in [3.8, 4) is 17.2 Å². The first-order valence-corrected chi connectivity index (χ1v) is 8.38. The van der Waals surface area contributed by atoms with Gasteiger partial charge in [0, 0.05) is 24.8 Å². The zero-order valence-corrected chi connectivity index (χ0v) is 13.5. The van der Waals surface area contributed by atoms with Gasteiger partial charge in [-0.15, -0.1) is 0 Å². The van der Waals surface area contributed by atoms with Gasteiger partial charge in [-0.3, -0.25) is 0 Å². The zero-order chi connectivity index (χ0) is 15.8. The average Bonchev–Trinajstić information content (AvgIpc) is 2.76. The van der Waals surface area contributed by atoms with Gasteiger partial charge in [-0.25, -0.2) is 0 Å². The third kappa shape index (κ3) is 2.40. The molecular formula is C20H21N3. The van der Waals surface area contributed by atoms with E-state index in [1.807, 2.05) is 19.1 Å². The van der Waals surface area contributed by atoms with Crippen molar-refractivity contribution in [2.75, 3.05) is 24.5 Å². The Labute approximate surface area is 137 Å². The Morgan fingerprint density at radius 1 is 1.22 bits per heavy atom. The molecule has 2 aromatic carbocycles. The number of anilines is 1. The molecule has 4 rings (SSSR count). The number of rotatable bonds is 1.